The van der Waals surface area contributed by atoms with Gasteiger partial charge in [0.25, 0.3) is 0 Å². The van der Waals surface area contributed by atoms with E-state index in [0.717, 1.165) is 12.8 Å². The number of carbonyl (C=O) groups excluding carboxylic acids is 3. The second kappa shape index (κ2) is 15.1. The molecule has 0 atom stereocenters. The lowest BCUT2D eigenvalue weighted by atomic mass is 10.1. The molecule has 1 aliphatic heterocycles. The minimum absolute atomic E-state index is 0.0543. The summed E-state index contributed by atoms with van der Waals surface area (Å²) in [6.07, 6.45) is 3.93. The van der Waals surface area contributed by atoms with E-state index in [1.165, 1.54) is 18.5 Å². The molecule has 3 rings (SSSR count). The van der Waals surface area contributed by atoms with Crippen LogP contribution in [-0.4, -0.2) is 65.9 Å². The van der Waals surface area contributed by atoms with E-state index in [4.69, 9.17) is 49.0 Å². The molecule has 0 spiro atoms. The summed E-state index contributed by atoms with van der Waals surface area (Å²) in [6, 6.07) is 3.06. The Morgan fingerprint density at radius 1 is 0.923 bits per heavy atom. The molecule has 0 aromatic carbocycles. The van der Waals surface area contributed by atoms with Crippen molar-refractivity contribution in [3.8, 4) is 0 Å². The molecule has 214 valence electrons. The van der Waals surface area contributed by atoms with Gasteiger partial charge in [-0.2, -0.15) is 0 Å². The number of esters is 2. The molecule has 2 aromatic heterocycles. The highest BCUT2D eigenvalue weighted by Crippen LogP contribution is 2.27. The van der Waals surface area contributed by atoms with E-state index in [1.807, 2.05) is 25.7 Å². The van der Waals surface area contributed by atoms with Crippen LogP contribution in [-0.2, 0) is 14.2 Å². The van der Waals surface area contributed by atoms with Crippen LogP contribution in [0.2, 0.25) is 15.2 Å². The van der Waals surface area contributed by atoms with Gasteiger partial charge in [-0.15, -0.1) is 0 Å². The summed E-state index contributed by atoms with van der Waals surface area (Å²) >= 11 is 17.5. The van der Waals surface area contributed by atoms with E-state index in [1.54, 1.807) is 19.9 Å². The molecule has 39 heavy (non-hydrogen) atoms. The van der Waals surface area contributed by atoms with Crippen molar-refractivity contribution in [3.05, 3.63) is 50.9 Å². The number of alkyl carbamates (subject to hydrolysis) is 1. The number of nitrogens with one attached hydrogen (secondary N) is 1. The molecule has 0 radical (unpaired) electrons. The summed E-state index contributed by atoms with van der Waals surface area (Å²) in [6.45, 7) is 11.0. The zero-order chi connectivity index (χ0) is 29.2. The Morgan fingerprint density at radius 2 is 1.44 bits per heavy atom. The predicted octanol–water partition coefficient (Wildman–Crippen LogP) is 5.97. The van der Waals surface area contributed by atoms with Crippen LogP contribution < -0.4 is 10.2 Å². The van der Waals surface area contributed by atoms with Crippen LogP contribution in [0, 0.1) is 0 Å². The van der Waals surface area contributed by atoms with Gasteiger partial charge < -0.3 is 24.4 Å². The summed E-state index contributed by atoms with van der Waals surface area (Å²) in [4.78, 5) is 44.8. The average molecular weight is 604 g/mol. The van der Waals surface area contributed by atoms with Crippen molar-refractivity contribution in [2.75, 3.05) is 31.2 Å². The number of anilines is 1. The normalized spacial score (nSPS) is 13.6. The van der Waals surface area contributed by atoms with E-state index in [2.05, 4.69) is 15.3 Å². The van der Waals surface area contributed by atoms with Gasteiger partial charge in [-0.25, -0.2) is 24.4 Å². The van der Waals surface area contributed by atoms with Crippen molar-refractivity contribution >= 4 is 58.7 Å². The summed E-state index contributed by atoms with van der Waals surface area (Å²) in [7, 11) is 0. The highest BCUT2D eigenvalue weighted by atomic mass is 35.5. The fraction of sp³-hybridized carbons (Fsp3) is 0.500. The maximum absolute atomic E-state index is 11.9. The number of hydrogen-bond acceptors (Lipinski definition) is 9. The summed E-state index contributed by atoms with van der Waals surface area (Å²) in [5.74, 6) is -0.252. The Morgan fingerprint density at radius 3 is 1.90 bits per heavy atom. The molecular weight excluding hydrogens is 571 g/mol. The van der Waals surface area contributed by atoms with Gasteiger partial charge in [-0.1, -0.05) is 34.8 Å². The number of halogens is 3. The van der Waals surface area contributed by atoms with Gasteiger partial charge in [0.15, 0.2) is 0 Å². The summed E-state index contributed by atoms with van der Waals surface area (Å²) < 4.78 is 15.0. The Hall–Kier alpha value is -2.82. The molecule has 13 heteroatoms. The number of hydrogen-bond donors (Lipinski definition) is 1. The molecule has 10 nitrogen and oxygen atoms in total. The number of carbonyl (C=O) groups is 3. The first-order valence-corrected chi connectivity index (χ1v) is 13.5. The van der Waals surface area contributed by atoms with Crippen LogP contribution in [0.25, 0.3) is 0 Å². The largest absolute Gasteiger partial charge is 0.462 e. The second-order valence-corrected chi connectivity index (χ2v) is 10.5. The molecule has 0 saturated carbocycles. The molecular formula is C26H33Cl3N4O6. The van der Waals surface area contributed by atoms with Crippen molar-refractivity contribution in [1.29, 1.82) is 0 Å². The van der Waals surface area contributed by atoms with Crippen LogP contribution >= 0.6 is 34.8 Å². The maximum Gasteiger partial charge on any atom is 0.407 e. The third-order valence-electron chi connectivity index (χ3n) is 5.16. The monoisotopic (exact) mass is 602 g/mol. The highest BCUT2D eigenvalue weighted by Gasteiger charge is 2.25. The third kappa shape index (κ3) is 10.7. The number of ether oxygens (including phenoxy) is 3. The number of amides is 1. The SMILES string of the molecule is CCOC(=O)c1cnc(Cl)c(Cl)c1.CCOC(=O)c1cnc(N2CCC(NC(=O)OC(C)(C)C)CC2)c(Cl)c1. The van der Waals surface area contributed by atoms with E-state index < -0.39 is 23.6 Å². The number of rotatable bonds is 6. The van der Waals surface area contributed by atoms with Gasteiger partial charge in [0.05, 0.1) is 34.4 Å². The number of aromatic nitrogens is 2. The Labute approximate surface area is 243 Å². The Kier molecular flexibility index (Phi) is 12.5. The van der Waals surface area contributed by atoms with Crippen molar-refractivity contribution < 1.29 is 28.6 Å². The molecule has 0 aliphatic carbocycles. The lowest BCUT2D eigenvalue weighted by Crippen LogP contribution is -2.46. The van der Waals surface area contributed by atoms with E-state index in [9.17, 15) is 14.4 Å². The minimum atomic E-state index is -0.511. The Bertz CT molecular complexity index is 1150. The molecule has 2 aromatic rings. The van der Waals surface area contributed by atoms with Crippen molar-refractivity contribution in [1.82, 2.24) is 15.3 Å². The van der Waals surface area contributed by atoms with E-state index >= 15 is 0 Å². The Balaban J connectivity index is 0.000000344. The van der Waals surface area contributed by atoms with Gasteiger partial charge in [-0.3, -0.25) is 0 Å². The van der Waals surface area contributed by atoms with Crippen LogP contribution in [0.4, 0.5) is 10.6 Å². The first kappa shape index (κ1) is 32.4. The lowest BCUT2D eigenvalue weighted by molar-refractivity contribution is 0.0492. The van der Waals surface area contributed by atoms with Gasteiger partial charge in [-0.05, 0) is 59.6 Å². The van der Waals surface area contributed by atoms with E-state index in [-0.39, 0.29) is 16.2 Å². The number of piperidine rings is 1. The predicted molar refractivity (Wildman–Crippen MR) is 150 cm³/mol. The number of pyridine rings is 2. The maximum atomic E-state index is 11.9. The first-order chi connectivity index (χ1) is 18.3. The van der Waals surface area contributed by atoms with Gasteiger partial charge >= 0.3 is 18.0 Å². The fourth-order valence-electron chi connectivity index (χ4n) is 3.45. The standard InChI is InChI=1S/C18H26ClN3O4.C8H7Cl2NO2/c1-5-25-16(23)12-10-14(19)15(20-11-12)22-8-6-13(7-9-22)21-17(24)26-18(2,3)4;1-2-13-8(12)5-3-6(9)7(10)11-4-5/h10-11,13H,5-9H2,1-4H3,(H,21,24);3-4H,2H2,1H3. The molecule has 1 fully saturated rings. The molecule has 0 bridgehead atoms. The van der Waals surface area contributed by atoms with Crippen LogP contribution in [0.5, 0.6) is 0 Å². The van der Waals surface area contributed by atoms with Crippen LogP contribution in [0.1, 0.15) is 68.2 Å². The van der Waals surface area contributed by atoms with E-state index in [0.29, 0.717) is 48.3 Å². The van der Waals surface area contributed by atoms with Crippen LogP contribution in [0.3, 0.4) is 0 Å². The second-order valence-electron chi connectivity index (χ2n) is 9.37. The smallest absolute Gasteiger partial charge is 0.407 e. The quantitative estimate of drug-likeness (QED) is 0.242. The zero-order valence-electron chi connectivity index (χ0n) is 22.6. The van der Waals surface area contributed by atoms with Crippen molar-refractivity contribution in [3.63, 3.8) is 0 Å². The van der Waals surface area contributed by atoms with Gasteiger partial charge in [0.2, 0.25) is 0 Å². The molecule has 3 heterocycles. The highest BCUT2D eigenvalue weighted by molar-refractivity contribution is 6.41. The van der Waals surface area contributed by atoms with Crippen molar-refractivity contribution in [2.24, 2.45) is 0 Å². The molecule has 0 unspecified atom stereocenters. The molecule has 1 saturated heterocycles. The molecule has 1 N–H and O–H groups in total. The fourth-order valence-corrected chi connectivity index (χ4v) is 4.00. The molecule has 1 amide bonds. The van der Waals surface area contributed by atoms with Crippen LogP contribution in [0.15, 0.2) is 24.5 Å². The molecule has 1 aliphatic rings. The zero-order valence-corrected chi connectivity index (χ0v) is 24.8. The average Bonchev–Trinajstić information content (AvgIpc) is 2.86. The first-order valence-electron chi connectivity index (χ1n) is 12.4. The van der Waals surface area contributed by atoms with Crippen molar-refractivity contribution in [2.45, 2.75) is 59.1 Å². The lowest BCUT2D eigenvalue weighted by Gasteiger charge is -2.34. The number of nitrogens with zero attached hydrogens (tertiary/aromatic N) is 3. The summed E-state index contributed by atoms with van der Waals surface area (Å²) in [5.41, 5.74) is 0.126. The third-order valence-corrected chi connectivity index (χ3v) is 6.12. The minimum Gasteiger partial charge on any atom is -0.462 e. The van der Waals surface area contributed by atoms with Gasteiger partial charge in [0.1, 0.15) is 16.6 Å². The summed E-state index contributed by atoms with van der Waals surface area (Å²) in [5, 5.41) is 3.73. The topological polar surface area (TPSA) is 120 Å². The van der Waals surface area contributed by atoms with Gasteiger partial charge in [0, 0.05) is 31.5 Å².